The number of rotatable bonds is 5. The number of aryl methyl sites for hydroxylation is 2. The quantitative estimate of drug-likeness (QED) is 0.893. The molecule has 1 aromatic carbocycles. The zero-order chi connectivity index (χ0) is 14.7. The van der Waals surface area contributed by atoms with Gasteiger partial charge in [-0.05, 0) is 35.8 Å². The smallest absolute Gasteiger partial charge is 0.270 e. The van der Waals surface area contributed by atoms with Crippen LogP contribution in [0.2, 0.25) is 0 Å². The summed E-state index contributed by atoms with van der Waals surface area (Å²) < 4.78 is 5.47. The van der Waals surface area contributed by atoms with E-state index in [-0.39, 0.29) is 11.9 Å². The highest BCUT2D eigenvalue weighted by molar-refractivity contribution is 5.88. The van der Waals surface area contributed by atoms with Crippen molar-refractivity contribution in [2.75, 3.05) is 11.9 Å². The summed E-state index contributed by atoms with van der Waals surface area (Å²) in [6.07, 6.45) is 2.01. The molecule has 2 heterocycles. The lowest BCUT2D eigenvalue weighted by Crippen LogP contribution is -2.13. The first-order valence-corrected chi connectivity index (χ1v) is 7.07. The molecule has 2 aromatic rings. The van der Waals surface area contributed by atoms with Crippen molar-refractivity contribution in [2.24, 2.45) is 0 Å². The fourth-order valence-electron chi connectivity index (χ4n) is 2.27. The molecule has 0 saturated heterocycles. The molecule has 0 fully saturated rings. The molecule has 1 N–H and O–H groups in total. The Balaban J connectivity index is 1.53. The van der Waals surface area contributed by atoms with Gasteiger partial charge in [0.1, 0.15) is 5.75 Å². The molecule has 21 heavy (non-hydrogen) atoms. The molecule has 0 atom stereocenters. The Labute approximate surface area is 122 Å². The predicted octanol–water partition coefficient (Wildman–Crippen LogP) is 1.20. The van der Waals surface area contributed by atoms with E-state index in [0.29, 0.717) is 19.4 Å². The monoisotopic (exact) mass is 287 g/mol. The molecular weight excluding hydrogens is 270 g/mol. The first kappa shape index (κ1) is 13.5. The van der Waals surface area contributed by atoms with E-state index in [4.69, 9.17) is 4.74 Å². The Kier molecular flexibility index (Phi) is 3.81. The van der Waals surface area contributed by atoms with E-state index < -0.39 is 0 Å². The number of nitrogens with zero attached hydrogens (tertiary/aromatic N) is 4. The number of hydrogen-bond donors (Lipinski definition) is 1. The van der Waals surface area contributed by atoms with E-state index in [0.717, 1.165) is 24.3 Å². The van der Waals surface area contributed by atoms with Gasteiger partial charge in [0.2, 0.25) is 5.91 Å². The van der Waals surface area contributed by atoms with Gasteiger partial charge in [-0.25, -0.2) is 0 Å². The molecule has 7 heteroatoms. The molecule has 1 amide bonds. The van der Waals surface area contributed by atoms with Crippen LogP contribution >= 0.6 is 0 Å². The van der Waals surface area contributed by atoms with Crippen LogP contribution in [0.25, 0.3) is 0 Å². The second-order valence-electron chi connectivity index (χ2n) is 4.89. The molecule has 1 aliphatic rings. The van der Waals surface area contributed by atoms with Gasteiger partial charge < -0.3 is 4.74 Å². The Morgan fingerprint density at radius 1 is 1.48 bits per heavy atom. The Morgan fingerprint density at radius 2 is 2.38 bits per heavy atom. The van der Waals surface area contributed by atoms with Crippen molar-refractivity contribution in [1.29, 1.82) is 0 Å². The lowest BCUT2D eigenvalue weighted by atomic mass is 10.0. The highest BCUT2D eigenvalue weighted by Gasteiger charge is 2.13. The van der Waals surface area contributed by atoms with Crippen molar-refractivity contribution in [3.05, 3.63) is 29.3 Å². The number of carbonyl (C=O) groups is 1. The van der Waals surface area contributed by atoms with E-state index >= 15 is 0 Å². The zero-order valence-corrected chi connectivity index (χ0v) is 11.9. The highest BCUT2D eigenvalue weighted by atomic mass is 16.5. The van der Waals surface area contributed by atoms with Gasteiger partial charge in [-0.2, -0.15) is 4.80 Å². The standard InChI is InChI=1S/C14H17N5O2/c1-2-19-17-14(16-18-19)15-13(20)6-4-10-3-5-12-11(9-10)7-8-21-12/h3,5,9H,2,4,6-8H2,1H3,(H,15,17,20). The number of aromatic nitrogens is 4. The van der Waals surface area contributed by atoms with Gasteiger partial charge in [-0.1, -0.05) is 17.2 Å². The third-order valence-electron chi connectivity index (χ3n) is 3.38. The van der Waals surface area contributed by atoms with Crippen LogP contribution in [0.3, 0.4) is 0 Å². The largest absolute Gasteiger partial charge is 0.493 e. The van der Waals surface area contributed by atoms with Gasteiger partial charge in [-0.15, -0.1) is 5.10 Å². The van der Waals surface area contributed by atoms with Crippen LogP contribution < -0.4 is 10.1 Å². The maximum absolute atomic E-state index is 11.9. The second kappa shape index (κ2) is 5.90. The SMILES string of the molecule is CCn1nnc(NC(=O)CCc2ccc3c(c2)CCO3)n1. The van der Waals surface area contributed by atoms with Gasteiger partial charge in [-0.3, -0.25) is 10.1 Å². The van der Waals surface area contributed by atoms with E-state index in [1.165, 1.54) is 10.4 Å². The fourth-order valence-corrected chi connectivity index (χ4v) is 2.27. The summed E-state index contributed by atoms with van der Waals surface area (Å²) in [5.74, 6) is 1.11. The topological polar surface area (TPSA) is 81.9 Å². The van der Waals surface area contributed by atoms with E-state index in [1.54, 1.807) is 0 Å². The minimum absolute atomic E-state index is 0.109. The van der Waals surface area contributed by atoms with Crippen LogP contribution in [0, 0.1) is 0 Å². The van der Waals surface area contributed by atoms with E-state index in [9.17, 15) is 4.79 Å². The molecule has 110 valence electrons. The Morgan fingerprint density at radius 3 is 3.19 bits per heavy atom. The molecule has 0 bridgehead atoms. The molecule has 0 unspecified atom stereocenters. The summed E-state index contributed by atoms with van der Waals surface area (Å²) in [7, 11) is 0. The molecule has 0 spiro atoms. The average Bonchev–Trinajstić information content (AvgIpc) is 3.13. The molecule has 3 rings (SSSR count). The fraction of sp³-hybridized carbons (Fsp3) is 0.429. The maximum atomic E-state index is 11.9. The predicted molar refractivity (Wildman–Crippen MR) is 76.1 cm³/mol. The molecule has 0 aliphatic carbocycles. The van der Waals surface area contributed by atoms with E-state index in [1.807, 2.05) is 19.1 Å². The number of tetrazole rings is 1. The van der Waals surface area contributed by atoms with Crippen LogP contribution in [0.1, 0.15) is 24.5 Å². The van der Waals surface area contributed by atoms with Crippen molar-refractivity contribution in [3.63, 3.8) is 0 Å². The van der Waals surface area contributed by atoms with Crippen LogP contribution in [0.4, 0.5) is 5.95 Å². The van der Waals surface area contributed by atoms with Crippen LogP contribution in [-0.4, -0.2) is 32.7 Å². The Bertz CT molecular complexity index is 653. The van der Waals surface area contributed by atoms with Gasteiger partial charge in [0.05, 0.1) is 13.2 Å². The van der Waals surface area contributed by atoms with Crippen molar-refractivity contribution < 1.29 is 9.53 Å². The second-order valence-corrected chi connectivity index (χ2v) is 4.89. The third-order valence-corrected chi connectivity index (χ3v) is 3.38. The molecule has 1 aliphatic heterocycles. The number of nitrogens with one attached hydrogen (secondary N) is 1. The number of amides is 1. The van der Waals surface area contributed by atoms with Gasteiger partial charge >= 0.3 is 0 Å². The first-order valence-electron chi connectivity index (χ1n) is 7.07. The minimum atomic E-state index is -0.109. The van der Waals surface area contributed by atoms with Gasteiger partial charge in [0.25, 0.3) is 5.95 Å². The summed E-state index contributed by atoms with van der Waals surface area (Å²) in [5, 5.41) is 14.2. The first-order chi connectivity index (χ1) is 10.2. The number of fused-ring (bicyclic) bond motifs is 1. The lowest BCUT2D eigenvalue weighted by Gasteiger charge is -2.04. The summed E-state index contributed by atoms with van der Waals surface area (Å²) in [5.41, 5.74) is 2.36. The number of anilines is 1. The summed E-state index contributed by atoms with van der Waals surface area (Å²) in [4.78, 5) is 13.3. The van der Waals surface area contributed by atoms with E-state index in [2.05, 4.69) is 26.8 Å². The third kappa shape index (κ3) is 3.18. The van der Waals surface area contributed by atoms with Gasteiger partial charge in [0.15, 0.2) is 0 Å². The van der Waals surface area contributed by atoms with Crippen LogP contribution in [0.5, 0.6) is 5.75 Å². The molecule has 1 aromatic heterocycles. The average molecular weight is 287 g/mol. The number of benzene rings is 1. The van der Waals surface area contributed by atoms with Crippen molar-refractivity contribution in [3.8, 4) is 5.75 Å². The van der Waals surface area contributed by atoms with Crippen LogP contribution in [-0.2, 0) is 24.2 Å². The number of hydrogen-bond acceptors (Lipinski definition) is 5. The Hall–Kier alpha value is -2.44. The van der Waals surface area contributed by atoms with Crippen molar-refractivity contribution in [1.82, 2.24) is 20.2 Å². The molecule has 0 radical (unpaired) electrons. The zero-order valence-electron chi connectivity index (χ0n) is 11.9. The van der Waals surface area contributed by atoms with Crippen molar-refractivity contribution in [2.45, 2.75) is 32.7 Å². The molecule has 0 saturated carbocycles. The van der Waals surface area contributed by atoms with Crippen LogP contribution in [0.15, 0.2) is 18.2 Å². The summed E-state index contributed by atoms with van der Waals surface area (Å²) in [6, 6.07) is 6.09. The summed E-state index contributed by atoms with van der Waals surface area (Å²) >= 11 is 0. The normalized spacial score (nSPS) is 12.8. The highest BCUT2D eigenvalue weighted by Crippen LogP contribution is 2.26. The lowest BCUT2D eigenvalue weighted by molar-refractivity contribution is -0.116. The maximum Gasteiger partial charge on any atom is 0.270 e. The number of ether oxygens (including phenoxy) is 1. The molecule has 7 nitrogen and oxygen atoms in total. The van der Waals surface area contributed by atoms with Crippen molar-refractivity contribution >= 4 is 11.9 Å². The number of carbonyl (C=O) groups excluding carboxylic acids is 1. The summed E-state index contributed by atoms with van der Waals surface area (Å²) in [6.45, 7) is 3.28. The minimum Gasteiger partial charge on any atom is -0.493 e. The van der Waals surface area contributed by atoms with Gasteiger partial charge in [0, 0.05) is 12.8 Å². The molecular formula is C14H17N5O2.